The van der Waals surface area contributed by atoms with Crippen LogP contribution < -0.4 is 0 Å². The first-order valence-electron chi connectivity index (χ1n) is 5.21. The fourth-order valence-electron chi connectivity index (χ4n) is 1.40. The molecule has 0 N–H and O–H groups in total. The number of carbonyl (C=O) groups excluding carboxylic acids is 1. The third kappa shape index (κ3) is 3.89. The molecule has 0 amide bonds. The zero-order valence-corrected chi connectivity index (χ0v) is 11.0. The lowest BCUT2D eigenvalue weighted by Crippen LogP contribution is -2.09. The lowest BCUT2D eigenvalue weighted by molar-refractivity contribution is -0.140. The second-order valence-electron chi connectivity index (χ2n) is 3.80. The van der Waals surface area contributed by atoms with Gasteiger partial charge in [0.05, 0.1) is 19.2 Å². The predicted octanol–water partition coefficient (Wildman–Crippen LogP) is 1.91. The van der Waals surface area contributed by atoms with Gasteiger partial charge in [0.1, 0.15) is 0 Å². The molecular weight excluding hydrogens is 224 g/mol. The van der Waals surface area contributed by atoms with Crippen molar-refractivity contribution in [2.45, 2.75) is 31.3 Å². The van der Waals surface area contributed by atoms with Gasteiger partial charge < -0.3 is 4.74 Å². The first-order valence-corrected chi connectivity index (χ1v) is 6.25. The number of thioether (sulfide) groups is 1. The second-order valence-corrected chi connectivity index (χ2v) is 5.23. The van der Waals surface area contributed by atoms with Crippen LogP contribution in [0.15, 0.2) is 6.07 Å². The van der Waals surface area contributed by atoms with E-state index >= 15 is 0 Å². The molecule has 16 heavy (non-hydrogen) atoms. The van der Waals surface area contributed by atoms with Crippen molar-refractivity contribution in [3.8, 4) is 0 Å². The standard InChI is InChI=1S/C11H18N2O2S/c1-8-5-10(13(3)12-8)7-16-9(2)6-11(14)15-4/h5,9H,6-7H2,1-4H3. The fourth-order valence-corrected chi connectivity index (χ4v) is 2.38. The monoisotopic (exact) mass is 242 g/mol. The molecule has 5 heteroatoms. The Bertz CT molecular complexity index is 363. The van der Waals surface area contributed by atoms with Crippen molar-refractivity contribution in [3.63, 3.8) is 0 Å². The van der Waals surface area contributed by atoms with E-state index in [-0.39, 0.29) is 11.2 Å². The molecule has 0 aromatic carbocycles. The number of aromatic nitrogens is 2. The highest BCUT2D eigenvalue weighted by Crippen LogP contribution is 2.20. The zero-order valence-electron chi connectivity index (χ0n) is 10.2. The molecule has 90 valence electrons. The summed E-state index contributed by atoms with van der Waals surface area (Å²) in [7, 11) is 3.36. The van der Waals surface area contributed by atoms with Crippen molar-refractivity contribution in [1.29, 1.82) is 0 Å². The van der Waals surface area contributed by atoms with Gasteiger partial charge in [-0.05, 0) is 13.0 Å². The highest BCUT2D eigenvalue weighted by Gasteiger charge is 2.11. The van der Waals surface area contributed by atoms with Crippen molar-refractivity contribution in [3.05, 3.63) is 17.5 Å². The van der Waals surface area contributed by atoms with Crippen molar-refractivity contribution in [1.82, 2.24) is 9.78 Å². The molecule has 0 aliphatic heterocycles. The summed E-state index contributed by atoms with van der Waals surface area (Å²) in [6, 6.07) is 2.07. The van der Waals surface area contributed by atoms with E-state index in [9.17, 15) is 4.79 Å². The topological polar surface area (TPSA) is 44.1 Å². The molecule has 0 spiro atoms. The lowest BCUT2D eigenvalue weighted by atomic mass is 10.3. The summed E-state index contributed by atoms with van der Waals surface area (Å²) in [6.45, 7) is 4.01. The summed E-state index contributed by atoms with van der Waals surface area (Å²) in [6.07, 6.45) is 0.456. The summed E-state index contributed by atoms with van der Waals surface area (Å²) < 4.78 is 6.51. The van der Waals surface area contributed by atoms with E-state index in [2.05, 4.69) is 15.9 Å². The van der Waals surface area contributed by atoms with Gasteiger partial charge in [0, 0.05) is 23.7 Å². The van der Waals surface area contributed by atoms with Crippen LogP contribution in [0.5, 0.6) is 0 Å². The van der Waals surface area contributed by atoms with Crippen LogP contribution >= 0.6 is 11.8 Å². The van der Waals surface area contributed by atoms with E-state index in [0.29, 0.717) is 6.42 Å². The summed E-state index contributed by atoms with van der Waals surface area (Å²) >= 11 is 1.74. The number of nitrogens with zero attached hydrogens (tertiary/aromatic N) is 2. The first kappa shape index (κ1) is 13.1. The molecule has 1 aromatic heterocycles. The Labute approximate surface area is 100 Å². The first-order chi connectivity index (χ1) is 7.52. The average molecular weight is 242 g/mol. The van der Waals surface area contributed by atoms with Crippen LogP contribution in [-0.2, 0) is 22.3 Å². The Morgan fingerprint density at radius 2 is 2.38 bits per heavy atom. The highest BCUT2D eigenvalue weighted by atomic mass is 32.2. The van der Waals surface area contributed by atoms with Gasteiger partial charge in [0.2, 0.25) is 0 Å². The minimum Gasteiger partial charge on any atom is -0.469 e. The third-order valence-electron chi connectivity index (χ3n) is 2.30. The molecule has 1 heterocycles. The minimum absolute atomic E-state index is 0.152. The predicted molar refractivity (Wildman–Crippen MR) is 65.3 cm³/mol. The fraction of sp³-hybridized carbons (Fsp3) is 0.636. The van der Waals surface area contributed by atoms with E-state index in [0.717, 1.165) is 11.4 Å². The number of ether oxygens (including phenoxy) is 1. The molecule has 1 unspecified atom stereocenters. The molecule has 0 radical (unpaired) electrons. The quantitative estimate of drug-likeness (QED) is 0.740. The van der Waals surface area contributed by atoms with Crippen molar-refractivity contribution in [2.75, 3.05) is 7.11 Å². The molecule has 1 rings (SSSR count). The Hall–Kier alpha value is -0.970. The zero-order chi connectivity index (χ0) is 12.1. The number of rotatable bonds is 5. The summed E-state index contributed by atoms with van der Waals surface area (Å²) in [5.74, 6) is 0.719. The highest BCUT2D eigenvalue weighted by molar-refractivity contribution is 7.99. The molecule has 4 nitrogen and oxygen atoms in total. The van der Waals surface area contributed by atoms with E-state index in [1.54, 1.807) is 11.8 Å². The Morgan fingerprint density at radius 1 is 1.69 bits per heavy atom. The van der Waals surface area contributed by atoms with Gasteiger partial charge in [-0.25, -0.2) is 0 Å². The van der Waals surface area contributed by atoms with Gasteiger partial charge in [-0.15, -0.1) is 0 Å². The Balaban J connectivity index is 2.39. The maximum absolute atomic E-state index is 11.1. The molecule has 1 atom stereocenters. The number of hydrogen-bond donors (Lipinski definition) is 0. The summed E-state index contributed by atoms with van der Waals surface area (Å²) in [5, 5.41) is 4.54. The number of carbonyl (C=O) groups is 1. The number of methoxy groups -OCH3 is 1. The molecule has 0 bridgehead atoms. The van der Waals surface area contributed by atoms with Crippen LogP contribution in [0.1, 0.15) is 24.7 Å². The van der Waals surface area contributed by atoms with Crippen molar-refractivity contribution in [2.24, 2.45) is 7.05 Å². The lowest BCUT2D eigenvalue weighted by Gasteiger charge is -2.09. The van der Waals surface area contributed by atoms with Crippen LogP contribution in [0.25, 0.3) is 0 Å². The van der Waals surface area contributed by atoms with Gasteiger partial charge in [-0.2, -0.15) is 16.9 Å². The van der Waals surface area contributed by atoms with Crippen molar-refractivity contribution < 1.29 is 9.53 Å². The average Bonchev–Trinajstić information content (AvgIpc) is 2.54. The SMILES string of the molecule is COC(=O)CC(C)SCc1cc(C)nn1C. The number of hydrogen-bond acceptors (Lipinski definition) is 4. The van der Waals surface area contributed by atoms with E-state index in [4.69, 9.17) is 0 Å². The van der Waals surface area contributed by atoms with E-state index in [1.807, 2.05) is 25.6 Å². The van der Waals surface area contributed by atoms with E-state index in [1.165, 1.54) is 12.8 Å². The smallest absolute Gasteiger partial charge is 0.306 e. The van der Waals surface area contributed by atoms with Crippen LogP contribution in [-0.4, -0.2) is 28.1 Å². The molecule has 0 aliphatic rings. The maximum Gasteiger partial charge on any atom is 0.306 e. The van der Waals surface area contributed by atoms with Gasteiger partial charge in [0.25, 0.3) is 0 Å². The molecule has 0 saturated carbocycles. The largest absolute Gasteiger partial charge is 0.469 e. The molecule has 0 aliphatic carbocycles. The second kappa shape index (κ2) is 5.94. The minimum atomic E-state index is -0.152. The van der Waals surface area contributed by atoms with E-state index < -0.39 is 0 Å². The summed E-state index contributed by atoms with van der Waals surface area (Å²) in [4.78, 5) is 11.1. The van der Waals surface area contributed by atoms with Crippen LogP contribution in [0.4, 0.5) is 0 Å². The normalized spacial score (nSPS) is 12.5. The Morgan fingerprint density at radius 3 is 2.88 bits per heavy atom. The van der Waals surface area contributed by atoms with Gasteiger partial charge >= 0.3 is 5.97 Å². The maximum atomic E-state index is 11.1. The van der Waals surface area contributed by atoms with Crippen molar-refractivity contribution >= 4 is 17.7 Å². The third-order valence-corrected chi connectivity index (χ3v) is 3.49. The number of esters is 1. The van der Waals surface area contributed by atoms with Gasteiger partial charge in [-0.3, -0.25) is 9.48 Å². The Kier molecular flexibility index (Phi) is 4.86. The molecular formula is C11H18N2O2S. The van der Waals surface area contributed by atoms with Gasteiger partial charge in [0.15, 0.2) is 0 Å². The van der Waals surface area contributed by atoms with Crippen LogP contribution in [0, 0.1) is 6.92 Å². The van der Waals surface area contributed by atoms with Crippen LogP contribution in [0.2, 0.25) is 0 Å². The number of aryl methyl sites for hydroxylation is 2. The molecule has 0 fully saturated rings. The molecule has 1 aromatic rings. The van der Waals surface area contributed by atoms with Gasteiger partial charge in [-0.1, -0.05) is 6.92 Å². The molecule has 0 saturated heterocycles. The van der Waals surface area contributed by atoms with Crippen LogP contribution in [0.3, 0.4) is 0 Å². The summed E-state index contributed by atoms with van der Waals surface area (Å²) in [5.41, 5.74) is 2.21.